The van der Waals surface area contributed by atoms with Crippen LogP contribution in [0.15, 0.2) is 0 Å². The van der Waals surface area contributed by atoms with Crippen LogP contribution in [0.1, 0.15) is 71.6 Å². The first kappa shape index (κ1) is 19.4. The molecule has 1 atom stereocenters. The third kappa shape index (κ3) is 9.31. The highest BCUT2D eigenvalue weighted by atomic mass is 32.2. The summed E-state index contributed by atoms with van der Waals surface area (Å²) in [6.07, 6.45) is 7.46. The third-order valence-corrected chi connectivity index (χ3v) is 4.33. The van der Waals surface area contributed by atoms with Crippen molar-refractivity contribution in [2.45, 2.75) is 76.9 Å². The predicted molar refractivity (Wildman–Crippen MR) is 79.2 cm³/mol. The van der Waals surface area contributed by atoms with Gasteiger partial charge in [-0.2, -0.15) is 8.42 Å². The maximum atomic E-state index is 11.7. The summed E-state index contributed by atoms with van der Waals surface area (Å²) in [5.41, 5.74) is 0. The molecule has 5 nitrogen and oxygen atoms in total. The number of esters is 1. The lowest BCUT2D eigenvalue weighted by Gasteiger charge is -2.13. The Morgan fingerprint density at radius 1 is 1.00 bits per heavy atom. The van der Waals surface area contributed by atoms with Gasteiger partial charge in [0.1, 0.15) is 0 Å². The summed E-state index contributed by atoms with van der Waals surface area (Å²) in [6, 6.07) is 0. The maximum absolute atomic E-state index is 11.7. The molecule has 120 valence electrons. The molecule has 20 heavy (non-hydrogen) atoms. The molecule has 0 saturated heterocycles. The molecule has 1 N–H and O–H groups in total. The van der Waals surface area contributed by atoms with Crippen LogP contribution < -0.4 is 0 Å². The molecule has 6 heteroatoms. The zero-order valence-corrected chi connectivity index (χ0v) is 13.5. The molecule has 0 aliphatic heterocycles. The van der Waals surface area contributed by atoms with Gasteiger partial charge in [-0.05, 0) is 12.8 Å². The van der Waals surface area contributed by atoms with Crippen molar-refractivity contribution < 1.29 is 22.5 Å². The van der Waals surface area contributed by atoms with Gasteiger partial charge in [0.15, 0.2) is 5.25 Å². The normalized spacial score (nSPS) is 13.2. The maximum Gasteiger partial charge on any atom is 0.326 e. The Bertz CT molecular complexity index is 351. The number of ether oxygens (including phenoxy) is 1. The fraction of sp³-hybridized carbons (Fsp3) is 0.929. The Labute approximate surface area is 122 Å². The van der Waals surface area contributed by atoms with Crippen molar-refractivity contribution in [1.29, 1.82) is 0 Å². The summed E-state index contributed by atoms with van der Waals surface area (Å²) in [6.45, 7) is 4.34. The monoisotopic (exact) mass is 308 g/mol. The second-order valence-electron chi connectivity index (χ2n) is 5.08. The van der Waals surface area contributed by atoms with Crippen molar-refractivity contribution in [1.82, 2.24) is 0 Å². The fourth-order valence-corrected chi connectivity index (χ4v) is 2.72. The van der Waals surface area contributed by atoms with Crippen molar-refractivity contribution in [2.75, 3.05) is 6.61 Å². The average Bonchev–Trinajstić information content (AvgIpc) is 2.37. The lowest BCUT2D eigenvalue weighted by molar-refractivity contribution is -0.143. The predicted octanol–water partition coefficient (Wildman–Crippen LogP) is 3.34. The summed E-state index contributed by atoms with van der Waals surface area (Å²) < 4.78 is 36.5. The molecular weight excluding hydrogens is 280 g/mol. The van der Waals surface area contributed by atoms with Gasteiger partial charge in [-0.15, -0.1) is 0 Å². The van der Waals surface area contributed by atoms with Crippen molar-refractivity contribution in [2.24, 2.45) is 0 Å². The molecule has 0 rings (SSSR count). The Morgan fingerprint density at radius 3 is 2.10 bits per heavy atom. The highest BCUT2D eigenvalue weighted by Gasteiger charge is 2.31. The van der Waals surface area contributed by atoms with E-state index in [1.54, 1.807) is 0 Å². The summed E-state index contributed by atoms with van der Waals surface area (Å²) in [5, 5.41) is -1.43. The number of hydrogen-bond donors (Lipinski definition) is 1. The Balaban J connectivity index is 4.17. The van der Waals surface area contributed by atoms with Gasteiger partial charge < -0.3 is 4.74 Å². The third-order valence-electron chi connectivity index (χ3n) is 3.18. The Kier molecular flexibility index (Phi) is 10.7. The van der Waals surface area contributed by atoms with E-state index < -0.39 is 21.3 Å². The number of unbranched alkanes of at least 4 members (excludes halogenated alkanes) is 6. The van der Waals surface area contributed by atoms with E-state index in [4.69, 9.17) is 9.29 Å². The zero-order chi connectivity index (χ0) is 15.4. The quantitative estimate of drug-likeness (QED) is 0.340. The first-order valence-corrected chi connectivity index (χ1v) is 9.06. The van der Waals surface area contributed by atoms with E-state index in [1.807, 2.05) is 6.92 Å². The summed E-state index contributed by atoms with van der Waals surface area (Å²) >= 11 is 0. The molecule has 0 aliphatic rings. The van der Waals surface area contributed by atoms with Crippen LogP contribution in [-0.2, 0) is 19.6 Å². The van der Waals surface area contributed by atoms with Crippen LogP contribution in [0.3, 0.4) is 0 Å². The van der Waals surface area contributed by atoms with Crippen LogP contribution in [0.5, 0.6) is 0 Å². The molecule has 0 radical (unpaired) electrons. The van der Waals surface area contributed by atoms with Gasteiger partial charge in [0.25, 0.3) is 10.1 Å². The molecule has 0 fully saturated rings. The van der Waals surface area contributed by atoms with Gasteiger partial charge in [-0.1, -0.05) is 58.8 Å². The topological polar surface area (TPSA) is 80.7 Å². The molecule has 0 aromatic heterocycles. The number of hydrogen-bond acceptors (Lipinski definition) is 4. The molecule has 0 aromatic carbocycles. The van der Waals surface area contributed by atoms with Crippen molar-refractivity contribution in [3.8, 4) is 0 Å². The molecule has 0 amide bonds. The minimum Gasteiger partial charge on any atom is -0.465 e. The average molecular weight is 308 g/mol. The van der Waals surface area contributed by atoms with Crippen LogP contribution in [0, 0.1) is 0 Å². The highest BCUT2D eigenvalue weighted by molar-refractivity contribution is 7.87. The molecule has 0 aliphatic carbocycles. The van der Waals surface area contributed by atoms with Gasteiger partial charge in [0.05, 0.1) is 6.61 Å². The lowest BCUT2D eigenvalue weighted by atomic mass is 10.1. The standard InChI is InChI=1S/C14H28O5S/c1-3-5-7-8-9-11-13(20(16,17)18)14(15)19-12-10-6-4-2/h13H,3-12H2,1-2H3,(H,16,17,18). The van der Waals surface area contributed by atoms with Gasteiger partial charge in [-0.3, -0.25) is 9.35 Å². The van der Waals surface area contributed by atoms with Crippen LogP contribution in [0.4, 0.5) is 0 Å². The number of rotatable bonds is 12. The molecule has 0 spiro atoms. The second-order valence-corrected chi connectivity index (χ2v) is 6.68. The minimum absolute atomic E-state index is 0.134. The summed E-state index contributed by atoms with van der Waals surface area (Å²) in [7, 11) is -4.37. The van der Waals surface area contributed by atoms with Gasteiger partial charge in [0, 0.05) is 0 Å². The minimum atomic E-state index is -4.37. The number of carbonyl (C=O) groups excluding carboxylic acids is 1. The molecule has 0 bridgehead atoms. The van der Waals surface area contributed by atoms with Crippen LogP contribution in [-0.4, -0.2) is 30.8 Å². The van der Waals surface area contributed by atoms with Gasteiger partial charge >= 0.3 is 5.97 Å². The van der Waals surface area contributed by atoms with Gasteiger partial charge in [-0.25, -0.2) is 0 Å². The van der Waals surface area contributed by atoms with Crippen LogP contribution in [0.25, 0.3) is 0 Å². The van der Waals surface area contributed by atoms with E-state index in [2.05, 4.69) is 6.92 Å². The molecular formula is C14H28O5S. The molecule has 0 aromatic rings. The van der Waals surface area contributed by atoms with E-state index in [9.17, 15) is 13.2 Å². The first-order chi connectivity index (χ1) is 9.43. The SMILES string of the molecule is CCCCCCCC(C(=O)OCCCCC)S(=O)(=O)O. The van der Waals surface area contributed by atoms with E-state index in [1.165, 1.54) is 0 Å². The molecule has 0 saturated carbocycles. The van der Waals surface area contributed by atoms with E-state index >= 15 is 0 Å². The zero-order valence-electron chi connectivity index (χ0n) is 12.6. The number of carbonyl (C=O) groups is 1. The van der Waals surface area contributed by atoms with Crippen molar-refractivity contribution >= 4 is 16.1 Å². The summed E-state index contributed by atoms with van der Waals surface area (Å²) in [4.78, 5) is 11.7. The smallest absolute Gasteiger partial charge is 0.326 e. The Hall–Kier alpha value is -0.620. The van der Waals surface area contributed by atoms with Gasteiger partial charge in [0.2, 0.25) is 0 Å². The van der Waals surface area contributed by atoms with Crippen molar-refractivity contribution in [3.63, 3.8) is 0 Å². The van der Waals surface area contributed by atoms with Crippen LogP contribution >= 0.6 is 0 Å². The second kappa shape index (κ2) is 11.1. The Morgan fingerprint density at radius 2 is 1.55 bits per heavy atom. The lowest BCUT2D eigenvalue weighted by Crippen LogP contribution is -2.32. The molecule has 0 heterocycles. The van der Waals surface area contributed by atoms with Crippen molar-refractivity contribution in [3.05, 3.63) is 0 Å². The first-order valence-electron chi connectivity index (χ1n) is 7.56. The van der Waals surface area contributed by atoms with E-state index in [0.29, 0.717) is 6.42 Å². The summed E-state index contributed by atoms with van der Waals surface area (Å²) in [5.74, 6) is -0.820. The van der Waals surface area contributed by atoms with E-state index in [0.717, 1.165) is 44.9 Å². The highest BCUT2D eigenvalue weighted by Crippen LogP contribution is 2.14. The largest absolute Gasteiger partial charge is 0.465 e. The fourth-order valence-electron chi connectivity index (χ4n) is 1.94. The van der Waals surface area contributed by atoms with E-state index in [-0.39, 0.29) is 13.0 Å². The molecule has 1 unspecified atom stereocenters. The van der Waals surface area contributed by atoms with Crippen LogP contribution in [0.2, 0.25) is 0 Å².